The number of carbonyl (C=O) groups excluding carboxylic acids is 1. The molecular formula is C18H36O3. The highest BCUT2D eigenvalue weighted by atomic mass is 16.7. The largest absolute Gasteiger partial charge is 0.436 e. The van der Waals surface area contributed by atoms with Crippen molar-refractivity contribution in [2.75, 3.05) is 6.61 Å². The summed E-state index contributed by atoms with van der Waals surface area (Å²) in [5.74, 6) is -0.123. The summed E-state index contributed by atoms with van der Waals surface area (Å²) in [6.45, 7) is 6.82. The summed E-state index contributed by atoms with van der Waals surface area (Å²) in [6.07, 6.45) is 13.6. The highest BCUT2D eigenvalue weighted by Crippen LogP contribution is 2.11. The first-order valence-corrected chi connectivity index (χ1v) is 9.01. The minimum absolute atomic E-state index is 0.123. The summed E-state index contributed by atoms with van der Waals surface area (Å²) < 4.78 is 10.6. The fourth-order valence-corrected chi connectivity index (χ4v) is 2.25. The third-order valence-electron chi connectivity index (χ3n) is 3.63. The van der Waals surface area contributed by atoms with Gasteiger partial charge in [-0.1, -0.05) is 71.6 Å². The van der Waals surface area contributed by atoms with Crippen molar-refractivity contribution >= 4 is 5.97 Å². The van der Waals surface area contributed by atoms with Crippen LogP contribution in [-0.2, 0) is 14.3 Å². The average molecular weight is 300 g/mol. The van der Waals surface area contributed by atoms with Crippen LogP contribution in [0.4, 0.5) is 0 Å². The van der Waals surface area contributed by atoms with Gasteiger partial charge in [0.05, 0.1) is 6.61 Å². The Labute approximate surface area is 131 Å². The maximum absolute atomic E-state index is 11.6. The molecule has 0 aliphatic carbocycles. The fourth-order valence-electron chi connectivity index (χ4n) is 2.25. The van der Waals surface area contributed by atoms with Crippen LogP contribution >= 0.6 is 0 Å². The Morgan fingerprint density at radius 3 is 1.90 bits per heavy atom. The van der Waals surface area contributed by atoms with Crippen molar-refractivity contribution in [1.82, 2.24) is 0 Å². The van der Waals surface area contributed by atoms with Crippen LogP contribution in [0.2, 0.25) is 0 Å². The van der Waals surface area contributed by atoms with E-state index in [4.69, 9.17) is 9.47 Å². The standard InChI is InChI=1S/C18H36O3/c1-4-6-8-9-10-11-12-13-14-15-18(19)21-17(3)20-16-7-5-2/h17H,4-16H2,1-3H3. The summed E-state index contributed by atoms with van der Waals surface area (Å²) in [7, 11) is 0. The molecule has 1 unspecified atom stereocenters. The van der Waals surface area contributed by atoms with E-state index >= 15 is 0 Å². The van der Waals surface area contributed by atoms with Crippen LogP contribution in [0.3, 0.4) is 0 Å². The van der Waals surface area contributed by atoms with E-state index in [1.54, 1.807) is 6.92 Å². The maximum atomic E-state index is 11.6. The lowest BCUT2D eigenvalue weighted by Crippen LogP contribution is -2.18. The van der Waals surface area contributed by atoms with Gasteiger partial charge in [-0.15, -0.1) is 0 Å². The molecule has 126 valence electrons. The van der Waals surface area contributed by atoms with Crippen LogP contribution in [0.25, 0.3) is 0 Å². The molecule has 0 radical (unpaired) electrons. The first kappa shape index (κ1) is 20.4. The van der Waals surface area contributed by atoms with Crippen LogP contribution in [-0.4, -0.2) is 18.9 Å². The fraction of sp³-hybridized carbons (Fsp3) is 0.944. The number of hydrogen-bond donors (Lipinski definition) is 0. The highest BCUT2D eigenvalue weighted by Gasteiger charge is 2.08. The maximum Gasteiger partial charge on any atom is 0.308 e. The predicted molar refractivity (Wildman–Crippen MR) is 88.3 cm³/mol. The number of hydrogen-bond acceptors (Lipinski definition) is 3. The molecule has 0 rings (SSSR count). The molecule has 0 saturated carbocycles. The molecule has 3 heteroatoms. The lowest BCUT2D eigenvalue weighted by Gasteiger charge is -2.13. The van der Waals surface area contributed by atoms with Crippen molar-refractivity contribution < 1.29 is 14.3 Å². The Bertz CT molecular complexity index is 229. The second-order valence-electron chi connectivity index (χ2n) is 5.86. The highest BCUT2D eigenvalue weighted by molar-refractivity contribution is 5.69. The third kappa shape index (κ3) is 15.6. The zero-order chi connectivity index (χ0) is 15.8. The van der Waals surface area contributed by atoms with E-state index in [0.29, 0.717) is 13.0 Å². The summed E-state index contributed by atoms with van der Waals surface area (Å²) in [6, 6.07) is 0. The minimum atomic E-state index is -0.400. The van der Waals surface area contributed by atoms with Crippen LogP contribution in [0, 0.1) is 0 Å². The molecule has 0 spiro atoms. The summed E-state index contributed by atoms with van der Waals surface area (Å²) >= 11 is 0. The summed E-state index contributed by atoms with van der Waals surface area (Å²) in [4.78, 5) is 11.6. The van der Waals surface area contributed by atoms with Crippen LogP contribution in [0.5, 0.6) is 0 Å². The average Bonchev–Trinajstić information content (AvgIpc) is 2.45. The van der Waals surface area contributed by atoms with Crippen LogP contribution in [0.15, 0.2) is 0 Å². The molecule has 0 amide bonds. The normalized spacial score (nSPS) is 12.3. The molecule has 3 nitrogen and oxygen atoms in total. The summed E-state index contributed by atoms with van der Waals surface area (Å²) in [5, 5.41) is 0. The Morgan fingerprint density at radius 1 is 0.810 bits per heavy atom. The Morgan fingerprint density at radius 2 is 1.33 bits per heavy atom. The van der Waals surface area contributed by atoms with Crippen LogP contribution < -0.4 is 0 Å². The Hall–Kier alpha value is -0.570. The topological polar surface area (TPSA) is 35.5 Å². The molecule has 0 aromatic heterocycles. The molecule has 0 aliphatic rings. The molecule has 0 N–H and O–H groups in total. The third-order valence-corrected chi connectivity index (χ3v) is 3.63. The molecule has 0 fully saturated rings. The van der Waals surface area contributed by atoms with Gasteiger partial charge in [-0.05, 0) is 19.8 Å². The van der Waals surface area contributed by atoms with E-state index in [2.05, 4.69) is 13.8 Å². The van der Waals surface area contributed by atoms with Gasteiger partial charge in [0, 0.05) is 6.42 Å². The summed E-state index contributed by atoms with van der Waals surface area (Å²) in [5.41, 5.74) is 0. The molecule has 0 aromatic carbocycles. The smallest absolute Gasteiger partial charge is 0.308 e. The van der Waals surface area contributed by atoms with E-state index < -0.39 is 6.29 Å². The van der Waals surface area contributed by atoms with E-state index in [0.717, 1.165) is 25.7 Å². The van der Waals surface area contributed by atoms with E-state index in [1.807, 2.05) is 0 Å². The predicted octanol–water partition coefficient (Wildman–Crippen LogP) is 5.61. The van der Waals surface area contributed by atoms with Gasteiger partial charge in [-0.25, -0.2) is 0 Å². The second kappa shape index (κ2) is 15.8. The van der Waals surface area contributed by atoms with Gasteiger partial charge in [-0.2, -0.15) is 0 Å². The quantitative estimate of drug-likeness (QED) is 0.224. The molecule has 1 atom stereocenters. The number of ether oxygens (including phenoxy) is 2. The van der Waals surface area contributed by atoms with Gasteiger partial charge in [0.2, 0.25) is 0 Å². The molecular weight excluding hydrogens is 264 g/mol. The lowest BCUT2D eigenvalue weighted by molar-refractivity contribution is -0.175. The molecule has 0 aromatic rings. The SMILES string of the molecule is CCCCCCCCCCCC(=O)OC(C)OCCCC. The van der Waals surface area contributed by atoms with E-state index in [1.165, 1.54) is 44.9 Å². The molecule has 0 heterocycles. The van der Waals surface area contributed by atoms with Gasteiger partial charge in [0.25, 0.3) is 0 Å². The van der Waals surface area contributed by atoms with Crippen molar-refractivity contribution in [1.29, 1.82) is 0 Å². The Kier molecular flexibility index (Phi) is 15.4. The Balaban J connectivity index is 3.29. The van der Waals surface area contributed by atoms with E-state index in [9.17, 15) is 4.79 Å². The van der Waals surface area contributed by atoms with Gasteiger partial charge < -0.3 is 9.47 Å². The van der Waals surface area contributed by atoms with Crippen molar-refractivity contribution in [3.63, 3.8) is 0 Å². The van der Waals surface area contributed by atoms with E-state index in [-0.39, 0.29) is 5.97 Å². The molecule has 0 aliphatic heterocycles. The van der Waals surface area contributed by atoms with Crippen molar-refractivity contribution in [2.45, 2.75) is 104 Å². The second-order valence-corrected chi connectivity index (χ2v) is 5.86. The van der Waals surface area contributed by atoms with Gasteiger partial charge in [0.1, 0.15) is 0 Å². The van der Waals surface area contributed by atoms with Gasteiger partial charge in [0.15, 0.2) is 6.29 Å². The van der Waals surface area contributed by atoms with Crippen LogP contribution in [0.1, 0.15) is 97.8 Å². The number of carbonyl (C=O) groups is 1. The molecule has 0 saturated heterocycles. The molecule has 0 bridgehead atoms. The van der Waals surface area contributed by atoms with Crippen molar-refractivity contribution in [2.24, 2.45) is 0 Å². The van der Waals surface area contributed by atoms with Crippen molar-refractivity contribution in [3.05, 3.63) is 0 Å². The van der Waals surface area contributed by atoms with Gasteiger partial charge >= 0.3 is 5.97 Å². The number of esters is 1. The first-order valence-electron chi connectivity index (χ1n) is 9.01. The minimum Gasteiger partial charge on any atom is -0.436 e. The van der Waals surface area contributed by atoms with Gasteiger partial charge in [-0.3, -0.25) is 4.79 Å². The molecule has 21 heavy (non-hydrogen) atoms. The zero-order valence-electron chi connectivity index (χ0n) is 14.5. The number of rotatable bonds is 15. The number of unbranched alkanes of at least 4 members (excludes halogenated alkanes) is 9. The zero-order valence-corrected chi connectivity index (χ0v) is 14.5. The van der Waals surface area contributed by atoms with Crippen molar-refractivity contribution in [3.8, 4) is 0 Å². The first-order chi connectivity index (χ1) is 10.2. The lowest BCUT2D eigenvalue weighted by atomic mass is 10.1. The monoisotopic (exact) mass is 300 g/mol.